The van der Waals surface area contributed by atoms with E-state index in [1.54, 1.807) is 0 Å². The van der Waals surface area contributed by atoms with E-state index in [1.807, 2.05) is 14.0 Å². The van der Waals surface area contributed by atoms with Crippen LogP contribution in [0.25, 0.3) is 0 Å². The van der Waals surface area contributed by atoms with E-state index < -0.39 is 0 Å². The van der Waals surface area contributed by atoms with Crippen molar-refractivity contribution < 1.29 is 9.53 Å². The van der Waals surface area contributed by atoms with Crippen LogP contribution in [0.3, 0.4) is 0 Å². The van der Waals surface area contributed by atoms with Crippen LogP contribution in [0.5, 0.6) is 0 Å². The summed E-state index contributed by atoms with van der Waals surface area (Å²) >= 11 is 0. The predicted molar refractivity (Wildman–Crippen MR) is 102 cm³/mol. The average molecular weight is 353 g/mol. The molecule has 0 amide bonds. The lowest BCUT2D eigenvalue weighted by atomic mass is 9.97. The predicted octanol–water partition coefficient (Wildman–Crippen LogP) is 2.10. The summed E-state index contributed by atoms with van der Waals surface area (Å²) in [7, 11) is 1.84. The van der Waals surface area contributed by atoms with Gasteiger partial charge < -0.3 is 15.0 Å². The number of likely N-dealkylation sites (tertiary alicyclic amines) is 2. The maximum Gasteiger partial charge on any atom is 0.309 e. The maximum absolute atomic E-state index is 11.9. The highest BCUT2D eigenvalue weighted by Gasteiger charge is 2.28. The standard InChI is InChI=1S/C19H36N4O2/c1-5-25-18(24)17-9-12-22(13-10-17)19(20-4)21-14-16(3)23-11-7-6-8-15(23)2/h15-17H,5-14H2,1-4H3,(H,20,21). The number of esters is 1. The quantitative estimate of drug-likeness (QED) is 0.466. The third-order valence-corrected chi connectivity index (χ3v) is 5.60. The van der Waals surface area contributed by atoms with Crippen LogP contribution in [-0.4, -0.2) is 73.6 Å². The van der Waals surface area contributed by atoms with Crippen LogP contribution >= 0.6 is 0 Å². The van der Waals surface area contributed by atoms with Crippen LogP contribution in [0.15, 0.2) is 4.99 Å². The zero-order valence-corrected chi connectivity index (χ0v) is 16.5. The third kappa shape index (κ3) is 5.59. The van der Waals surface area contributed by atoms with Gasteiger partial charge in [0.25, 0.3) is 0 Å². The van der Waals surface area contributed by atoms with E-state index >= 15 is 0 Å². The first kappa shape index (κ1) is 20.0. The Bertz CT molecular complexity index is 447. The summed E-state index contributed by atoms with van der Waals surface area (Å²) in [6.45, 7) is 10.8. The number of nitrogens with one attached hydrogen (secondary N) is 1. The number of hydrogen-bond donors (Lipinski definition) is 1. The fraction of sp³-hybridized carbons (Fsp3) is 0.895. The van der Waals surface area contributed by atoms with Crippen LogP contribution in [-0.2, 0) is 9.53 Å². The molecule has 2 heterocycles. The van der Waals surface area contributed by atoms with Crippen LogP contribution in [0.1, 0.15) is 52.9 Å². The molecule has 2 fully saturated rings. The average Bonchev–Trinajstić information content (AvgIpc) is 2.63. The summed E-state index contributed by atoms with van der Waals surface area (Å²) in [5.74, 6) is 0.957. The van der Waals surface area contributed by atoms with Gasteiger partial charge >= 0.3 is 5.97 Å². The molecule has 0 aromatic carbocycles. The van der Waals surface area contributed by atoms with E-state index in [2.05, 4.69) is 34.0 Å². The van der Waals surface area contributed by atoms with Crippen molar-refractivity contribution in [2.75, 3.05) is 39.8 Å². The van der Waals surface area contributed by atoms with Crippen LogP contribution in [0, 0.1) is 5.92 Å². The number of hydrogen-bond acceptors (Lipinski definition) is 4. The lowest BCUT2D eigenvalue weighted by molar-refractivity contribution is -0.149. The molecule has 2 atom stereocenters. The molecule has 0 aromatic heterocycles. The molecule has 144 valence electrons. The SMILES string of the molecule is CCOC(=O)C1CCN(C(=NC)NCC(C)N2CCCCC2C)CC1. The van der Waals surface area contributed by atoms with Crippen molar-refractivity contribution in [2.24, 2.45) is 10.9 Å². The molecular weight excluding hydrogens is 316 g/mol. The number of ether oxygens (including phenoxy) is 1. The molecule has 0 aliphatic carbocycles. The van der Waals surface area contributed by atoms with E-state index in [9.17, 15) is 4.79 Å². The number of carbonyl (C=O) groups excluding carboxylic acids is 1. The highest BCUT2D eigenvalue weighted by molar-refractivity contribution is 5.80. The molecule has 0 radical (unpaired) electrons. The molecule has 6 heteroatoms. The van der Waals surface area contributed by atoms with E-state index in [4.69, 9.17) is 4.74 Å². The lowest BCUT2D eigenvalue weighted by Gasteiger charge is -2.39. The van der Waals surface area contributed by atoms with Crippen LogP contribution in [0.4, 0.5) is 0 Å². The smallest absolute Gasteiger partial charge is 0.309 e. The molecule has 25 heavy (non-hydrogen) atoms. The summed E-state index contributed by atoms with van der Waals surface area (Å²) in [4.78, 5) is 21.2. The molecule has 0 spiro atoms. The summed E-state index contributed by atoms with van der Waals surface area (Å²) in [5.41, 5.74) is 0. The fourth-order valence-electron chi connectivity index (χ4n) is 4.05. The Labute approximate surface area is 153 Å². The van der Waals surface area contributed by atoms with Crippen molar-refractivity contribution in [3.63, 3.8) is 0 Å². The highest BCUT2D eigenvalue weighted by Crippen LogP contribution is 2.20. The molecule has 1 N–H and O–H groups in total. The summed E-state index contributed by atoms with van der Waals surface area (Å²) in [6.07, 6.45) is 5.66. The second-order valence-electron chi connectivity index (χ2n) is 7.37. The molecule has 0 aromatic rings. The number of carbonyl (C=O) groups is 1. The molecule has 0 saturated carbocycles. The Kier molecular flexibility index (Phi) is 8.00. The van der Waals surface area contributed by atoms with Gasteiger partial charge in [-0.3, -0.25) is 14.7 Å². The molecule has 6 nitrogen and oxygen atoms in total. The third-order valence-electron chi connectivity index (χ3n) is 5.60. The minimum atomic E-state index is -0.0437. The van der Waals surface area contributed by atoms with Gasteiger partial charge in [-0.2, -0.15) is 0 Å². The van der Waals surface area contributed by atoms with Gasteiger partial charge in [0.15, 0.2) is 5.96 Å². The summed E-state index contributed by atoms with van der Waals surface area (Å²) in [6, 6.07) is 1.18. The van der Waals surface area contributed by atoms with Gasteiger partial charge in [0.1, 0.15) is 0 Å². The van der Waals surface area contributed by atoms with E-state index in [-0.39, 0.29) is 11.9 Å². The Balaban J connectivity index is 1.78. The van der Waals surface area contributed by atoms with Gasteiger partial charge in [-0.25, -0.2) is 0 Å². The number of rotatable bonds is 5. The lowest BCUT2D eigenvalue weighted by Crippen LogP contribution is -2.52. The monoisotopic (exact) mass is 352 g/mol. The van der Waals surface area contributed by atoms with E-state index in [0.717, 1.165) is 38.4 Å². The van der Waals surface area contributed by atoms with Gasteiger partial charge in [-0.1, -0.05) is 6.42 Å². The summed E-state index contributed by atoms with van der Waals surface area (Å²) in [5, 5.41) is 3.54. The topological polar surface area (TPSA) is 57.2 Å². The molecule has 2 rings (SSSR count). The van der Waals surface area contributed by atoms with Gasteiger partial charge in [-0.05, 0) is 53.0 Å². The Morgan fingerprint density at radius 1 is 1.24 bits per heavy atom. The Hall–Kier alpha value is -1.30. The fourth-order valence-corrected chi connectivity index (χ4v) is 4.05. The van der Waals surface area contributed by atoms with Crippen LogP contribution in [0.2, 0.25) is 0 Å². The van der Waals surface area contributed by atoms with Crippen molar-refractivity contribution in [2.45, 2.75) is 65.0 Å². The molecule has 2 aliphatic rings. The van der Waals surface area contributed by atoms with Crippen molar-refractivity contribution in [3.8, 4) is 0 Å². The van der Waals surface area contributed by atoms with Crippen molar-refractivity contribution in [1.29, 1.82) is 0 Å². The number of aliphatic imine (C=N–C) groups is 1. The largest absolute Gasteiger partial charge is 0.466 e. The number of guanidine groups is 1. The zero-order chi connectivity index (χ0) is 18.2. The molecule has 2 aliphatic heterocycles. The van der Waals surface area contributed by atoms with Gasteiger partial charge in [-0.15, -0.1) is 0 Å². The Morgan fingerprint density at radius 3 is 2.56 bits per heavy atom. The zero-order valence-electron chi connectivity index (χ0n) is 16.5. The first-order valence-electron chi connectivity index (χ1n) is 9.94. The number of piperidine rings is 2. The first-order valence-corrected chi connectivity index (χ1v) is 9.94. The normalized spacial score (nSPS) is 24.9. The maximum atomic E-state index is 11.9. The molecule has 2 saturated heterocycles. The Morgan fingerprint density at radius 2 is 1.96 bits per heavy atom. The second kappa shape index (κ2) is 10.00. The van der Waals surface area contributed by atoms with Crippen molar-refractivity contribution in [1.82, 2.24) is 15.1 Å². The van der Waals surface area contributed by atoms with E-state index in [0.29, 0.717) is 18.7 Å². The second-order valence-corrected chi connectivity index (χ2v) is 7.37. The molecule has 0 bridgehead atoms. The van der Waals surface area contributed by atoms with E-state index in [1.165, 1.54) is 25.8 Å². The minimum Gasteiger partial charge on any atom is -0.466 e. The molecular formula is C19H36N4O2. The summed E-state index contributed by atoms with van der Waals surface area (Å²) < 4.78 is 5.15. The van der Waals surface area contributed by atoms with Gasteiger partial charge in [0.2, 0.25) is 0 Å². The van der Waals surface area contributed by atoms with Gasteiger partial charge in [0, 0.05) is 38.8 Å². The molecule has 2 unspecified atom stereocenters. The minimum absolute atomic E-state index is 0.0437. The number of nitrogens with zero attached hydrogens (tertiary/aromatic N) is 3. The van der Waals surface area contributed by atoms with Crippen LogP contribution < -0.4 is 5.32 Å². The van der Waals surface area contributed by atoms with Crippen molar-refractivity contribution in [3.05, 3.63) is 0 Å². The highest BCUT2D eigenvalue weighted by atomic mass is 16.5. The first-order chi connectivity index (χ1) is 12.1. The van der Waals surface area contributed by atoms with Gasteiger partial charge in [0.05, 0.1) is 12.5 Å². The van der Waals surface area contributed by atoms with Crippen molar-refractivity contribution >= 4 is 11.9 Å².